The number of ether oxygens (including phenoxy) is 1. The van der Waals surface area contributed by atoms with Gasteiger partial charge >= 0.3 is 0 Å². The molecule has 1 heterocycles. The summed E-state index contributed by atoms with van der Waals surface area (Å²) in [5.41, 5.74) is 1.90. The lowest BCUT2D eigenvalue weighted by Gasteiger charge is -2.19. The van der Waals surface area contributed by atoms with E-state index in [1.54, 1.807) is 12.1 Å². The minimum absolute atomic E-state index is 0.00610. The fraction of sp³-hybridized carbons (Fsp3) is 0.273. The van der Waals surface area contributed by atoms with E-state index in [-0.39, 0.29) is 12.4 Å². The summed E-state index contributed by atoms with van der Waals surface area (Å²) in [6, 6.07) is 4.46. The smallest absolute Gasteiger partial charge is 0.129 e. The molecule has 14 heavy (non-hydrogen) atoms. The lowest BCUT2D eigenvalue weighted by molar-refractivity contribution is 0.312. The second-order valence-electron chi connectivity index (χ2n) is 3.15. The average molecular weight is 194 g/mol. The van der Waals surface area contributed by atoms with Crippen molar-refractivity contribution in [3.05, 3.63) is 35.7 Å². The van der Waals surface area contributed by atoms with Crippen LogP contribution in [0, 0.1) is 5.82 Å². The third kappa shape index (κ3) is 1.63. The van der Waals surface area contributed by atoms with E-state index >= 15 is 0 Å². The molecule has 1 aliphatic heterocycles. The highest BCUT2D eigenvalue weighted by Gasteiger charge is 2.15. The van der Waals surface area contributed by atoms with Gasteiger partial charge in [-0.05, 0) is 17.7 Å². The van der Waals surface area contributed by atoms with Crippen LogP contribution in [0.4, 0.5) is 4.39 Å². The molecule has 0 aliphatic carbocycles. The van der Waals surface area contributed by atoms with Crippen molar-refractivity contribution in [2.24, 2.45) is 0 Å². The SMILES string of the molecule is OCC=C1CCOc2cc(F)ccc21. The molecule has 1 aliphatic rings. The number of benzene rings is 1. The van der Waals surface area contributed by atoms with Crippen LogP contribution in [-0.2, 0) is 0 Å². The Morgan fingerprint density at radius 1 is 1.50 bits per heavy atom. The van der Waals surface area contributed by atoms with E-state index in [0.29, 0.717) is 12.4 Å². The first kappa shape index (κ1) is 9.21. The van der Waals surface area contributed by atoms with Crippen molar-refractivity contribution < 1.29 is 14.2 Å². The molecule has 0 bridgehead atoms. The first-order valence-corrected chi connectivity index (χ1v) is 4.54. The van der Waals surface area contributed by atoms with Crippen LogP contribution in [0.2, 0.25) is 0 Å². The van der Waals surface area contributed by atoms with Crippen molar-refractivity contribution in [1.29, 1.82) is 0 Å². The van der Waals surface area contributed by atoms with Crippen LogP contribution in [0.15, 0.2) is 24.3 Å². The Morgan fingerprint density at radius 2 is 2.36 bits per heavy atom. The van der Waals surface area contributed by atoms with Crippen LogP contribution in [0.1, 0.15) is 12.0 Å². The summed E-state index contributed by atoms with van der Waals surface area (Å²) in [6.07, 6.45) is 2.50. The Bertz CT molecular complexity index is 372. The number of aliphatic hydroxyl groups is 1. The standard InChI is InChI=1S/C11H11FO2/c12-9-1-2-10-8(3-5-13)4-6-14-11(10)7-9/h1-3,7,13H,4-6H2. The molecule has 2 rings (SSSR count). The van der Waals surface area contributed by atoms with E-state index in [2.05, 4.69) is 0 Å². The van der Waals surface area contributed by atoms with Crippen LogP contribution in [0.25, 0.3) is 5.57 Å². The molecule has 0 saturated carbocycles. The van der Waals surface area contributed by atoms with Crippen molar-refractivity contribution in [3.8, 4) is 5.75 Å². The van der Waals surface area contributed by atoms with Gasteiger partial charge in [-0.2, -0.15) is 0 Å². The quantitative estimate of drug-likeness (QED) is 0.740. The molecule has 3 heteroatoms. The number of hydrogen-bond acceptors (Lipinski definition) is 2. The summed E-state index contributed by atoms with van der Waals surface area (Å²) in [6.45, 7) is 0.550. The van der Waals surface area contributed by atoms with Gasteiger partial charge in [0.1, 0.15) is 11.6 Å². The maximum atomic E-state index is 12.9. The molecular weight excluding hydrogens is 183 g/mol. The number of fused-ring (bicyclic) bond motifs is 1. The number of rotatable bonds is 1. The third-order valence-corrected chi connectivity index (χ3v) is 2.26. The maximum Gasteiger partial charge on any atom is 0.129 e. The van der Waals surface area contributed by atoms with E-state index in [9.17, 15) is 4.39 Å². The first-order valence-electron chi connectivity index (χ1n) is 4.54. The predicted molar refractivity (Wildman–Crippen MR) is 51.6 cm³/mol. The van der Waals surface area contributed by atoms with Gasteiger partial charge < -0.3 is 9.84 Å². The van der Waals surface area contributed by atoms with E-state index < -0.39 is 0 Å². The van der Waals surface area contributed by atoms with Crippen LogP contribution in [-0.4, -0.2) is 18.3 Å². The lowest BCUT2D eigenvalue weighted by Crippen LogP contribution is -2.08. The fourth-order valence-electron chi connectivity index (χ4n) is 1.61. The van der Waals surface area contributed by atoms with Gasteiger partial charge in [-0.1, -0.05) is 6.08 Å². The first-order chi connectivity index (χ1) is 6.81. The molecule has 0 amide bonds. The molecule has 0 radical (unpaired) electrons. The predicted octanol–water partition coefficient (Wildman–Crippen LogP) is 1.98. The highest BCUT2D eigenvalue weighted by Crippen LogP contribution is 2.32. The molecule has 0 saturated heterocycles. The molecule has 1 aromatic rings. The van der Waals surface area contributed by atoms with Crippen LogP contribution < -0.4 is 4.74 Å². The van der Waals surface area contributed by atoms with Crippen molar-refractivity contribution >= 4 is 5.57 Å². The van der Waals surface area contributed by atoms with Gasteiger partial charge in [0.25, 0.3) is 0 Å². The van der Waals surface area contributed by atoms with Gasteiger partial charge in [0.2, 0.25) is 0 Å². The molecule has 0 aromatic heterocycles. The Morgan fingerprint density at radius 3 is 3.14 bits per heavy atom. The molecule has 0 atom stereocenters. The van der Waals surface area contributed by atoms with Crippen LogP contribution in [0.5, 0.6) is 5.75 Å². The Balaban J connectivity index is 2.45. The molecule has 2 nitrogen and oxygen atoms in total. The Kier molecular flexibility index (Phi) is 2.50. The van der Waals surface area contributed by atoms with Crippen molar-refractivity contribution in [2.45, 2.75) is 6.42 Å². The van der Waals surface area contributed by atoms with E-state index in [4.69, 9.17) is 9.84 Å². The highest BCUT2D eigenvalue weighted by atomic mass is 19.1. The molecule has 0 fully saturated rings. The van der Waals surface area contributed by atoms with Gasteiger partial charge in [0.05, 0.1) is 13.2 Å². The number of aliphatic hydroxyl groups excluding tert-OH is 1. The number of hydrogen-bond donors (Lipinski definition) is 1. The summed E-state index contributed by atoms with van der Waals surface area (Å²) in [7, 11) is 0. The summed E-state index contributed by atoms with van der Waals surface area (Å²) in [5.74, 6) is 0.268. The van der Waals surface area contributed by atoms with Crippen LogP contribution in [0.3, 0.4) is 0 Å². The van der Waals surface area contributed by atoms with Crippen molar-refractivity contribution in [3.63, 3.8) is 0 Å². The van der Waals surface area contributed by atoms with Crippen molar-refractivity contribution in [1.82, 2.24) is 0 Å². The van der Waals surface area contributed by atoms with Gasteiger partial charge in [0.15, 0.2) is 0 Å². The number of halogens is 1. The summed E-state index contributed by atoms with van der Waals surface area (Å²) in [4.78, 5) is 0. The molecular formula is C11H11FO2. The molecule has 74 valence electrons. The molecule has 1 aromatic carbocycles. The van der Waals surface area contributed by atoms with E-state index in [1.807, 2.05) is 0 Å². The third-order valence-electron chi connectivity index (χ3n) is 2.26. The van der Waals surface area contributed by atoms with E-state index in [0.717, 1.165) is 17.6 Å². The van der Waals surface area contributed by atoms with Gasteiger partial charge in [0, 0.05) is 18.1 Å². The normalized spacial score (nSPS) is 17.7. The second kappa shape index (κ2) is 3.80. The maximum absolute atomic E-state index is 12.9. The van der Waals surface area contributed by atoms with Gasteiger partial charge in [-0.3, -0.25) is 0 Å². The van der Waals surface area contributed by atoms with Gasteiger partial charge in [-0.15, -0.1) is 0 Å². The zero-order valence-electron chi connectivity index (χ0n) is 7.66. The summed E-state index contributed by atoms with van der Waals surface area (Å²) >= 11 is 0. The summed E-state index contributed by atoms with van der Waals surface area (Å²) < 4.78 is 18.2. The monoisotopic (exact) mass is 194 g/mol. The average Bonchev–Trinajstić information content (AvgIpc) is 2.18. The zero-order valence-corrected chi connectivity index (χ0v) is 7.66. The largest absolute Gasteiger partial charge is 0.493 e. The minimum atomic E-state index is -0.297. The summed E-state index contributed by atoms with van der Waals surface area (Å²) in [5, 5.41) is 8.81. The minimum Gasteiger partial charge on any atom is -0.493 e. The topological polar surface area (TPSA) is 29.5 Å². The Hall–Kier alpha value is -1.35. The highest BCUT2D eigenvalue weighted by molar-refractivity contribution is 5.72. The molecule has 0 unspecified atom stereocenters. The van der Waals surface area contributed by atoms with E-state index in [1.165, 1.54) is 12.1 Å². The molecule has 1 N–H and O–H groups in total. The zero-order chi connectivity index (χ0) is 9.97. The van der Waals surface area contributed by atoms with Crippen LogP contribution >= 0.6 is 0 Å². The molecule has 0 spiro atoms. The lowest BCUT2D eigenvalue weighted by atomic mass is 9.99. The van der Waals surface area contributed by atoms with Gasteiger partial charge in [-0.25, -0.2) is 4.39 Å². The van der Waals surface area contributed by atoms with Crippen molar-refractivity contribution in [2.75, 3.05) is 13.2 Å². The fourth-order valence-corrected chi connectivity index (χ4v) is 1.61. The Labute approximate surface area is 81.6 Å². The second-order valence-corrected chi connectivity index (χ2v) is 3.15.